The van der Waals surface area contributed by atoms with Gasteiger partial charge in [0.05, 0.1) is 6.42 Å². The van der Waals surface area contributed by atoms with E-state index in [1.54, 1.807) is 0 Å². The molecule has 0 aliphatic rings. The van der Waals surface area contributed by atoms with Crippen molar-refractivity contribution in [3.63, 3.8) is 0 Å². The zero-order chi connectivity index (χ0) is 15.4. The van der Waals surface area contributed by atoms with Gasteiger partial charge in [-0.25, -0.2) is 0 Å². The fraction of sp³-hybridized carbons (Fsp3) is 0.105. The van der Waals surface area contributed by atoms with Crippen LogP contribution in [0.3, 0.4) is 0 Å². The SMILES string of the molecule is Nc1ccc(CC(=O)NCc2cccc3ccccc23)cc1. The Morgan fingerprint density at radius 2 is 1.64 bits per heavy atom. The van der Waals surface area contributed by atoms with Crippen LogP contribution in [0.5, 0.6) is 0 Å². The Kier molecular flexibility index (Phi) is 4.05. The highest BCUT2D eigenvalue weighted by Gasteiger charge is 2.05. The van der Waals surface area contributed by atoms with E-state index in [1.165, 1.54) is 10.8 Å². The van der Waals surface area contributed by atoms with Gasteiger partial charge in [0.2, 0.25) is 5.91 Å². The molecule has 0 unspecified atom stereocenters. The summed E-state index contributed by atoms with van der Waals surface area (Å²) in [5, 5.41) is 5.35. The van der Waals surface area contributed by atoms with Gasteiger partial charge in [-0.2, -0.15) is 0 Å². The fourth-order valence-electron chi connectivity index (χ4n) is 2.52. The molecule has 110 valence electrons. The van der Waals surface area contributed by atoms with Crippen LogP contribution in [0.1, 0.15) is 11.1 Å². The summed E-state index contributed by atoms with van der Waals surface area (Å²) < 4.78 is 0. The average molecular weight is 290 g/mol. The lowest BCUT2D eigenvalue weighted by Crippen LogP contribution is -2.24. The Labute approximate surface area is 129 Å². The molecule has 0 radical (unpaired) electrons. The van der Waals surface area contributed by atoms with E-state index in [0.717, 1.165) is 11.1 Å². The zero-order valence-corrected chi connectivity index (χ0v) is 12.3. The van der Waals surface area contributed by atoms with Crippen molar-refractivity contribution in [1.29, 1.82) is 0 Å². The largest absolute Gasteiger partial charge is 0.399 e. The summed E-state index contributed by atoms with van der Waals surface area (Å²) in [7, 11) is 0. The van der Waals surface area contributed by atoms with Gasteiger partial charge in [-0.1, -0.05) is 54.6 Å². The molecule has 0 saturated heterocycles. The van der Waals surface area contributed by atoms with Crippen molar-refractivity contribution < 1.29 is 4.79 Å². The second-order valence-corrected chi connectivity index (χ2v) is 5.33. The molecule has 0 aromatic heterocycles. The molecule has 3 aromatic rings. The highest BCUT2D eigenvalue weighted by molar-refractivity contribution is 5.86. The van der Waals surface area contributed by atoms with Gasteiger partial charge in [-0.05, 0) is 34.0 Å². The molecule has 0 heterocycles. The van der Waals surface area contributed by atoms with Crippen LogP contribution in [0, 0.1) is 0 Å². The van der Waals surface area contributed by atoms with Gasteiger partial charge in [0, 0.05) is 12.2 Å². The molecule has 0 aliphatic heterocycles. The molecule has 3 rings (SSSR count). The summed E-state index contributed by atoms with van der Waals surface area (Å²) in [5.74, 6) is 0.0118. The number of hydrogen-bond acceptors (Lipinski definition) is 2. The molecule has 0 atom stereocenters. The minimum Gasteiger partial charge on any atom is -0.399 e. The average Bonchev–Trinajstić information content (AvgIpc) is 2.55. The van der Waals surface area contributed by atoms with E-state index in [9.17, 15) is 4.79 Å². The maximum atomic E-state index is 12.1. The first-order valence-electron chi connectivity index (χ1n) is 7.30. The summed E-state index contributed by atoms with van der Waals surface area (Å²) in [6.07, 6.45) is 0.366. The smallest absolute Gasteiger partial charge is 0.224 e. The molecule has 0 aliphatic carbocycles. The predicted octanol–water partition coefficient (Wildman–Crippen LogP) is 3.28. The summed E-state index contributed by atoms with van der Waals surface area (Å²) in [6, 6.07) is 21.7. The third-order valence-electron chi connectivity index (χ3n) is 3.70. The van der Waals surface area contributed by atoms with Gasteiger partial charge >= 0.3 is 0 Å². The van der Waals surface area contributed by atoms with Crippen molar-refractivity contribution in [2.45, 2.75) is 13.0 Å². The molecule has 22 heavy (non-hydrogen) atoms. The lowest BCUT2D eigenvalue weighted by Gasteiger charge is -2.09. The zero-order valence-electron chi connectivity index (χ0n) is 12.3. The van der Waals surface area contributed by atoms with Crippen LogP contribution in [0.4, 0.5) is 5.69 Å². The van der Waals surface area contributed by atoms with Crippen LogP contribution in [-0.2, 0) is 17.8 Å². The van der Waals surface area contributed by atoms with Crippen LogP contribution in [0.2, 0.25) is 0 Å². The van der Waals surface area contributed by atoms with E-state index in [-0.39, 0.29) is 5.91 Å². The van der Waals surface area contributed by atoms with Crippen molar-refractivity contribution in [2.75, 3.05) is 5.73 Å². The van der Waals surface area contributed by atoms with Crippen LogP contribution in [-0.4, -0.2) is 5.91 Å². The van der Waals surface area contributed by atoms with Crippen molar-refractivity contribution in [3.05, 3.63) is 77.9 Å². The third-order valence-corrected chi connectivity index (χ3v) is 3.70. The lowest BCUT2D eigenvalue weighted by molar-refractivity contribution is -0.120. The summed E-state index contributed by atoms with van der Waals surface area (Å²) in [5.41, 5.74) is 8.44. The number of nitrogens with two attached hydrogens (primary N) is 1. The van der Waals surface area contributed by atoms with Gasteiger partial charge in [0.25, 0.3) is 0 Å². The number of fused-ring (bicyclic) bond motifs is 1. The normalized spacial score (nSPS) is 10.5. The number of carbonyl (C=O) groups excluding carboxylic acids is 1. The maximum Gasteiger partial charge on any atom is 0.224 e. The van der Waals surface area contributed by atoms with Crippen LogP contribution >= 0.6 is 0 Å². The maximum absolute atomic E-state index is 12.1. The quantitative estimate of drug-likeness (QED) is 0.724. The molecular formula is C19H18N2O. The number of anilines is 1. The Morgan fingerprint density at radius 1 is 0.909 bits per heavy atom. The Balaban J connectivity index is 1.66. The van der Waals surface area contributed by atoms with Gasteiger partial charge in [-0.3, -0.25) is 4.79 Å². The van der Waals surface area contributed by atoms with Gasteiger partial charge in [0.15, 0.2) is 0 Å². The number of nitrogen functional groups attached to an aromatic ring is 1. The molecule has 0 fully saturated rings. The second kappa shape index (κ2) is 6.31. The van der Waals surface area contributed by atoms with Crippen LogP contribution in [0.25, 0.3) is 10.8 Å². The molecular weight excluding hydrogens is 272 g/mol. The summed E-state index contributed by atoms with van der Waals surface area (Å²) in [4.78, 5) is 12.1. The molecule has 3 N–H and O–H groups in total. The van der Waals surface area contributed by atoms with E-state index in [1.807, 2.05) is 48.5 Å². The summed E-state index contributed by atoms with van der Waals surface area (Å²) >= 11 is 0. The van der Waals surface area contributed by atoms with Crippen molar-refractivity contribution in [2.24, 2.45) is 0 Å². The first-order valence-corrected chi connectivity index (χ1v) is 7.30. The van der Waals surface area contributed by atoms with Gasteiger partial charge < -0.3 is 11.1 Å². The van der Waals surface area contributed by atoms with E-state index in [4.69, 9.17) is 5.73 Å². The number of hydrogen-bond donors (Lipinski definition) is 2. The van der Waals surface area contributed by atoms with E-state index < -0.39 is 0 Å². The van der Waals surface area contributed by atoms with E-state index >= 15 is 0 Å². The molecule has 0 bridgehead atoms. The summed E-state index contributed by atoms with van der Waals surface area (Å²) in [6.45, 7) is 0.537. The molecule has 3 heteroatoms. The number of nitrogens with one attached hydrogen (secondary N) is 1. The number of amides is 1. The Hall–Kier alpha value is -2.81. The predicted molar refractivity (Wildman–Crippen MR) is 90.4 cm³/mol. The highest BCUT2D eigenvalue weighted by Crippen LogP contribution is 2.18. The highest BCUT2D eigenvalue weighted by atomic mass is 16.1. The molecule has 0 saturated carbocycles. The lowest BCUT2D eigenvalue weighted by atomic mass is 10.0. The molecule has 3 aromatic carbocycles. The molecule has 3 nitrogen and oxygen atoms in total. The van der Waals surface area contributed by atoms with Crippen LogP contribution in [0.15, 0.2) is 66.7 Å². The molecule has 0 spiro atoms. The van der Waals surface area contributed by atoms with Crippen molar-refractivity contribution in [1.82, 2.24) is 5.32 Å². The number of rotatable bonds is 4. The standard InChI is InChI=1S/C19H18N2O/c20-17-10-8-14(9-11-17)12-19(22)21-13-16-6-3-5-15-4-1-2-7-18(15)16/h1-11H,12-13,20H2,(H,21,22). The van der Waals surface area contributed by atoms with Gasteiger partial charge in [-0.15, -0.1) is 0 Å². The van der Waals surface area contributed by atoms with Crippen LogP contribution < -0.4 is 11.1 Å². The minimum absolute atomic E-state index is 0.0118. The monoisotopic (exact) mass is 290 g/mol. The first kappa shape index (κ1) is 14.1. The Morgan fingerprint density at radius 3 is 2.45 bits per heavy atom. The second-order valence-electron chi connectivity index (χ2n) is 5.33. The number of benzene rings is 3. The van der Waals surface area contributed by atoms with Crippen molar-refractivity contribution in [3.8, 4) is 0 Å². The van der Waals surface area contributed by atoms with Crippen molar-refractivity contribution >= 4 is 22.4 Å². The van der Waals surface area contributed by atoms with E-state index in [0.29, 0.717) is 18.7 Å². The third kappa shape index (κ3) is 3.26. The van der Waals surface area contributed by atoms with E-state index in [2.05, 4.69) is 23.5 Å². The Bertz CT molecular complexity index is 789. The first-order chi connectivity index (χ1) is 10.7. The van der Waals surface area contributed by atoms with Gasteiger partial charge in [0.1, 0.15) is 0 Å². The molecule has 1 amide bonds. The number of carbonyl (C=O) groups is 1. The topological polar surface area (TPSA) is 55.1 Å². The fourth-order valence-corrected chi connectivity index (χ4v) is 2.52. The minimum atomic E-state index is 0.0118.